The third-order valence-corrected chi connectivity index (χ3v) is 4.23. The molecule has 2 atom stereocenters. The van der Waals surface area contributed by atoms with Crippen molar-refractivity contribution in [2.75, 3.05) is 32.8 Å². The lowest BCUT2D eigenvalue weighted by Crippen LogP contribution is -2.52. The summed E-state index contributed by atoms with van der Waals surface area (Å²) in [6, 6.07) is 0. The molecule has 1 rings (SSSR count). The van der Waals surface area contributed by atoms with Crippen LogP contribution in [-0.2, 0) is 19.7 Å². The number of hydrogen-bond acceptors (Lipinski definition) is 4. The van der Waals surface area contributed by atoms with Crippen LogP contribution in [-0.4, -0.2) is 57.8 Å². The predicted molar refractivity (Wildman–Crippen MR) is 69.6 cm³/mol. The second-order valence-corrected chi connectivity index (χ2v) is 6.28. The molecule has 0 aliphatic carbocycles. The van der Waals surface area contributed by atoms with E-state index in [1.807, 2.05) is 20.8 Å². The summed E-state index contributed by atoms with van der Waals surface area (Å²) in [5, 5.41) is 0. The zero-order valence-electron chi connectivity index (χ0n) is 11.4. The molecule has 1 fully saturated rings. The molecule has 0 aromatic rings. The van der Waals surface area contributed by atoms with Crippen molar-refractivity contribution in [3.05, 3.63) is 0 Å². The first-order valence-corrected chi connectivity index (χ1v) is 7.87. The molecule has 0 aromatic carbocycles. The molecule has 18 heavy (non-hydrogen) atoms. The molecule has 108 valence electrons. The predicted octanol–water partition coefficient (Wildman–Crippen LogP) is 0.357. The van der Waals surface area contributed by atoms with Gasteiger partial charge in [0, 0.05) is 32.8 Å². The van der Waals surface area contributed by atoms with Gasteiger partial charge in [-0.2, -0.15) is 12.7 Å². The number of hydrogen-bond donors (Lipinski definition) is 1. The van der Waals surface area contributed by atoms with Gasteiger partial charge in [0.1, 0.15) is 0 Å². The molecule has 0 spiro atoms. The van der Waals surface area contributed by atoms with E-state index in [4.69, 9.17) is 9.47 Å². The van der Waals surface area contributed by atoms with E-state index in [1.54, 1.807) is 0 Å². The van der Waals surface area contributed by atoms with Crippen molar-refractivity contribution in [1.82, 2.24) is 9.03 Å². The van der Waals surface area contributed by atoms with Gasteiger partial charge in [0.25, 0.3) is 10.2 Å². The lowest BCUT2D eigenvalue weighted by Gasteiger charge is -2.34. The first-order chi connectivity index (χ1) is 8.45. The molecule has 0 amide bonds. The fourth-order valence-electron chi connectivity index (χ4n) is 1.94. The minimum atomic E-state index is -3.39. The van der Waals surface area contributed by atoms with E-state index in [0.717, 1.165) is 0 Å². The van der Waals surface area contributed by atoms with E-state index >= 15 is 0 Å². The number of ether oxygens (including phenoxy) is 2. The van der Waals surface area contributed by atoms with E-state index in [2.05, 4.69) is 4.72 Å². The average molecular weight is 280 g/mol. The second kappa shape index (κ2) is 7.40. The minimum absolute atomic E-state index is 0.0613. The molecule has 6 nitrogen and oxygen atoms in total. The molecule has 0 radical (unpaired) electrons. The molecular weight excluding hydrogens is 256 g/mol. The molecule has 0 unspecified atom stereocenters. The van der Waals surface area contributed by atoms with Gasteiger partial charge in [0.2, 0.25) is 0 Å². The lowest BCUT2D eigenvalue weighted by molar-refractivity contribution is -0.0443. The number of nitrogens with zero attached hydrogens (tertiary/aromatic N) is 1. The fraction of sp³-hybridized carbons (Fsp3) is 1.00. The van der Waals surface area contributed by atoms with Crippen LogP contribution in [0.1, 0.15) is 27.2 Å². The van der Waals surface area contributed by atoms with Gasteiger partial charge >= 0.3 is 0 Å². The Bertz CT molecular complexity index is 324. The minimum Gasteiger partial charge on any atom is -0.382 e. The molecule has 1 aliphatic heterocycles. The number of rotatable bonds is 7. The Morgan fingerprint density at radius 1 is 1.33 bits per heavy atom. The van der Waals surface area contributed by atoms with Gasteiger partial charge < -0.3 is 9.47 Å². The van der Waals surface area contributed by atoms with Crippen LogP contribution in [0, 0.1) is 0 Å². The molecular formula is C11H24N2O4S. The van der Waals surface area contributed by atoms with E-state index in [1.165, 1.54) is 4.31 Å². The highest BCUT2D eigenvalue weighted by Gasteiger charge is 2.30. The summed E-state index contributed by atoms with van der Waals surface area (Å²) in [5.41, 5.74) is 0. The maximum Gasteiger partial charge on any atom is 0.279 e. The van der Waals surface area contributed by atoms with Crippen LogP contribution in [0.2, 0.25) is 0 Å². The zero-order valence-corrected chi connectivity index (χ0v) is 12.2. The maximum atomic E-state index is 12.0. The van der Waals surface area contributed by atoms with Crippen LogP contribution in [0.3, 0.4) is 0 Å². The number of nitrogens with one attached hydrogen (secondary N) is 1. The number of morpholine rings is 1. The van der Waals surface area contributed by atoms with E-state index in [-0.39, 0.29) is 12.2 Å². The van der Waals surface area contributed by atoms with E-state index in [0.29, 0.717) is 39.3 Å². The normalized spacial score (nSPS) is 26.4. The molecule has 0 saturated carbocycles. The summed E-state index contributed by atoms with van der Waals surface area (Å²) in [6.07, 6.45) is 0.560. The molecule has 1 N–H and O–H groups in total. The van der Waals surface area contributed by atoms with Gasteiger partial charge in [-0.05, 0) is 27.2 Å². The topological polar surface area (TPSA) is 67.9 Å². The summed E-state index contributed by atoms with van der Waals surface area (Å²) in [6.45, 7) is 8.14. The fourth-order valence-corrected chi connectivity index (χ4v) is 3.34. The van der Waals surface area contributed by atoms with Crippen LogP contribution in [0.5, 0.6) is 0 Å². The maximum absolute atomic E-state index is 12.0. The Kier molecular flexibility index (Phi) is 6.51. The van der Waals surface area contributed by atoms with Crippen molar-refractivity contribution in [3.8, 4) is 0 Å². The van der Waals surface area contributed by atoms with Crippen LogP contribution in [0.4, 0.5) is 0 Å². The van der Waals surface area contributed by atoms with Gasteiger partial charge in [-0.15, -0.1) is 0 Å². The van der Waals surface area contributed by atoms with Crippen molar-refractivity contribution < 1.29 is 17.9 Å². The van der Waals surface area contributed by atoms with Crippen LogP contribution < -0.4 is 4.72 Å². The first-order valence-electron chi connectivity index (χ1n) is 6.43. The highest BCUT2D eigenvalue weighted by atomic mass is 32.2. The summed E-state index contributed by atoms with van der Waals surface area (Å²) in [4.78, 5) is 0. The Morgan fingerprint density at radius 3 is 2.50 bits per heavy atom. The van der Waals surface area contributed by atoms with Crippen LogP contribution in [0.25, 0.3) is 0 Å². The van der Waals surface area contributed by atoms with E-state index in [9.17, 15) is 8.42 Å². The summed E-state index contributed by atoms with van der Waals surface area (Å²) in [5.74, 6) is 0. The van der Waals surface area contributed by atoms with Crippen molar-refractivity contribution in [2.45, 2.75) is 39.4 Å². The Balaban J connectivity index is 2.38. The monoisotopic (exact) mass is 280 g/mol. The largest absolute Gasteiger partial charge is 0.382 e. The van der Waals surface area contributed by atoms with Crippen LogP contribution in [0.15, 0.2) is 0 Å². The highest BCUT2D eigenvalue weighted by molar-refractivity contribution is 7.87. The molecule has 0 bridgehead atoms. The van der Waals surface area contributed by atoms with Gasteiger partial charge in [-0.25, -0.2) is 4.72 Å². The highest BCUT2D eigenvalue weighted by Crippen LogP contribution is 2.13. The molecule has 1 saturated heterocycles. The van der Waals surface area contributed by atoms with Gasteiger partial charge in [-0.3, -0.25) is 0 Å². The van der Waals surface area contributed by atoms with Crippen molar-refractivity contribution in [1.29, 1.82) is 0 Å². The molecule has 0 aromatic heterocycles. The van der Waals surface area contributed by atoms with Crippen molar-refractivity contribution in [2.24, 2.45) is 0 Å². The summed E-state index contributed by atoms with van der Waals surface area (Å²) < 4.78 is 38.8. The molecule has 1 aliphatic rings. The van der Waals surface area contributed by atoms with Crippen LogP contribution >= 0.6 is 0 Å². The second-order valence-electron chi connectivity index (χ2n) is 4.52. The van der Waals surface area contributed by atoms with Gasteiger partial charge in [0.15, 0.2) is 0 Å². The Morgan fingerprint density at radius 2 is 1.94 bits per heavy atom. The SMILES string of the molecule is CCOCCCNS(=O)(=O)N1C[C@@H](C)O[C@H](C)C1. The Labute approximate surface area is 110 Å². The smallest absolute Gasteiger partial charge is 0.279 e. The van der Waals surface area contributed by atoms with E-state index < -0.39 is 10.2 Å². The quantitative estimate of drug-likeness (QED) is 0.684. The first kappa shape index (κ1) is 15.8. The third kappa shape index (κ3) is 5.19. The lowest BCUT2D eigenvalue weighted by atomic mass is 10.3. The Hall–Kier alpha value is -0.210. The summed E-state index contributed by atoms with van der Waals surface area (Å²) >= 11 is 0. The van der Waals surface area contributed by atoms with Crippen molar-refractivity contribution in [3.63, 3.8) is 0 Å². The molecule has 7 heteroatoms. The van der Waals surface area contributed by atoms with Gasteiger partial charge in [0.05, 0.1) is 12.2 Å². The van der Waals surface area contributed by atoms with Crippen molar-refractivity contribution >= 4 is 10.2 Å². The standard InChI is InChI=1S/C11H24N2O4S/c1-4-16-7-5-6-12-18(14,15)13-8-10(2)17-11(3)9-13/h10-12H,4-9H2,1-3H3/t10-,11-/m1/s1. The molecule has 1 heterocycles. The third-order valence-electron chi connectivity index (χ3n) is 2.68. The average Bonchev–Trinajstić information content (AvgIpc) is 2.27. The van der Waals surface area contributed by atoms with Gasteiger partial charge in [-0.1, -0.05) is 0 Å². The zero-order chi connectivity index (χ0) is 13.6. The summed E-state index contributed by atoms with van der Waals surface area (Å²) in [7, 11) is -3.39.